The number of nitrogens with one attached hydrogen (secondary N) is 1. The predicted molar refractivity (Wildman–Crippen MR) is 64.5 cm³/mol. The Morgan fingerprint density at radius 1 is 1.06 bits per heavy atom. The Morgan fingerprint density at radius 3 is 2.59 bits per heavy atom. The molecule has 0 aromatic heterocycles. The minimum Gasteiger partial charge on any atom is -0.396 e. The Hall–Kier alpha value is -2.10. The molecule has 0 unspecified atom stereocenters. The molecule has 2 aromatic carbocycles. The van der Waals surface area contributed by atoms with Crippen LogP contribution >= 0.6 is 0 Å². The van der Waals surface area contributed by atoms with Crippen LogP contribution in [0.5, 0.6) is 0 Å². The lowest BCUT2D eigenvalue weighted by atomic mass is 10.2. The van der Waals surface area contributed by atoms with Crippen LogP contribution in [0.2, 0.25) is 0 Å². The molecule has 0 bridgehead atoms. The van der Waals surface area contributed by atoms with E-state index in [2.05, 4.69) is 5.32 Å². The zero-order chi connectivity index (χ0) is 12.3. The van der Waals surface area contributed by atoms with Crippen LogP contribution in [-0.2, 0) is 6.54 Å². The van der Waals surface area contributed by atoms with Crippen molar-refractivity contribution in [3.8, 4) is 0 Å². The van der Waals surface area contributed by atoms with Crippen LogP contribution in [0.1, 0.15) is 5.56 Å². The van der Waals surface area contributed by atoms with E-state index in [1.807, 2.05) is 0 Å². The molecule has 2 rings (SSSR count). The van der Waals surface area contributed by atoms with Gasteiger partial charge in [0, 0.05) is 12.2 Å². The summed E-state index contributed by atoms with van der Waals surface area (Å²) < 4.78 is 25.8. The van der Waals surface area contributed by atoms with E-state index < -0.39 is 5.82 Å². The van der Waals surface area contributed by atoms with Gasteiger partial charge in [0.1, 0.15) is 11.6 Å². The van der Waals surface area contributed by atoms with Crippen LogP contribution in [-0.4, -0.2) is 0 Å². The van der Waals surface area contributed by atoms with Crippen molar-refractivity contribution in [3.63, 3.8) is 0 Å². The topological polar surface area (TPSA) is 38.0 Å². The number of nitrogen functional groups attached to an aromatic ring is 1. The smallest absolute Gasteiger partial charge is 0.146 e. The number of benzene rings is 2. The highest BCUT2D eigenvalue weighted by Crippen LogP contribution is 2.15. The summed E-state index contributed by atoms with van der Waals surface area (Å²) in [5.74, 6) is -0.729. The fourth-order valence-corrected chi connectivity index (χ4v) is 1.51. The van der Waals surface area contributed by atoms with Crippen molar-refractivity contribution in [1.82, 2.24) is 0 Å². The Labute approximate surface area is 98.1 Å². The Bertz CT molecular complexity index is 527. The summed E-state index contributed by atoms with van der Waals surface area (Å²) in [6, 6.07) is 10.7. The Morgan fingerprint density at radius 2 is 1.88 bits per heavy atom. The normalized spacial score (nSPS) is 10.2. The average Bonchev–Trinajstić information content (AvgIpc) is 2.31. The van der Waals surface area contributed by atoms with E-state index in [1.54, 1.807) is 24.3 Å². The number of hydrogen-bond donors (Lipinski definition) is 2. The summed E-state index contributed by atoms with van der Waals surface area (Å²) in [5.41, 5.74) is 7.08. The van der Waals surface area contributed by atoms with Crippen molar-refractivity contribution in [2.45, 2.75) is 6.54 Å². The zero-order valence-corrected chi connectivity index (χ0v) is 9.08. The third kappa shape index (κ3) is 2.93. The predicted octanol–water partition coefficient (Wildman–Crippen LogP) is 3.16. The largest absolute Gasteiger partial charge is 0.396 e. The number of rotatable bonds is 3. The third-order valence-corrected chi connectivity index (χ3v) is 2.38. The van der Waals surface area contributed by atoms with E-state index in [9.17, 15) is 8.78 Å². The molecule has 0 radical (unpaired) electrons. The molecule has 17 heavy (non-hydrogen) atoms. The number of hydrogen-bond acceptors (Lipinski definition) is 2. The Balaban J connectivity index is 2.05. The van der Waals surface area contributed by atoms with Gasteiger partial charge in [0.2, 0.25) is 0 Å². The van der Waals surface area contributed by atoms with Crippen molar-refractivity contribution in [2.24, 2.45) is 0 Å². The molecule has 2 nitrogen and oxygen atoms in total. The first kappa shape index (κ1) is 11.4. The summed E-state index contributed by atoms with van der Waals surface area (Å²) >= 11 is 0. The first-order valence-corrected chi connectivity index (χ1v) is 5.18. The van der Waals surface area contributed by atoms with Gasteiger partial charge in [-0.1, -0.05) is 12.1 Å². The van der Waals surface area contributed by atoms with Crippen LogP contribution in [0, 0.1) is 11.6 Å². The van der Waals surface area contributed by atoms with E-state index in [4.69, 9.17) is 5.73 Å². The maximum atomic E-state index is 12.9. The average molecular weight is 234 g/mol. The van der Waals surface area contributed by atoms with Crippen molar-refractivity contribution in [3.05, 3.63) is 59.7 Å². The summed E-state index contributed by atoms with van der Waals surface area (Å²) in [5, 5.41) is 3.03. The summed E-state index contributed by atoms with van der Waals surface area (Å²) in [6.45, 7) is 0.466. The van der Waals surface area contributed by atoms with Gasteiger partial charge in [-0.3, -0.25) is 0 Å². The van der Waals surface area contributed by atoms with Crippen LogP contribution in [0.25, 0.3) is 0 Å². The molecule has 88 valence electrons. The van der Waals surface area contributed by atoms with Crippen LogP contribution in [0.4, 0.5) is 20.2 Å². The van der Waals surface area contributed by atoms with Gasteiger partial charge in [0.05, 0.1) is 5.69 Å². The maximum absolute atomic E-state index is 12.9. The van der Waals surface area contributed by atoms with Crippen LogP contribution in [0.3, 0.4) is 0 Å². The number of nitrogens with two attached hydrogens (primary N) is 1. The highest BCUT2D eigenvalue weighted by atomic mass is 19.1. The molecule has 2 aromatic rings. The SMILES string of the molecule is Nc1cc(CNc2cccc(F)c2)ccc1F. The lowest BCUT2D eigenvalue weighted by molar-refractivity contribution is 0.628. The second kappa shape index (κ2) is 4.82. The second-order valence-electron chi connectivity index (χ2n) is 3.72. The fourth-order valence-electron chi connectivity index (χ4n) is 1.51. The van der Waals surface area contributed by atoms with Gasteiger partial charge in [-0.25, -0.2) is 8.78 Å². The molecule has 0 aliphatic rings. The van der Waals surface area contributed by atoms with Gasteiger partial charge in [0.25, 0.3) is 0 Å². The van der Waals surface area contributed by atoms with E-state index in [0.717, 1.165) is 5.56 Å². The summed E-state index contributed by atoms with van der Waals surface area (Å²) in [6.07, 6.45) is 0. The first-order valence-electron chi connectivity index (χ1n) is 5.18. The first-order chi connectivity index (χ1) is 8.15. The minimum atomic E-state index is -0.431. The molecule has 0 aliphatic heterocycles. The summed E-state index contributed by atoms with van der Waals surface area (Å²) in [7, 11) is 0. The highest BCUT2D eigenvalue weighted by Gasteiger charge is 2.00. The van der Waals surface area contributed by atoms with Crippen LogP contribution in [0.15, 0.2) is 42.5 Å². The lowest BCUT2D eigenvalue weighted by Crippen LogP contribution is -2.01. The molecule has 0 saturated carbocycles. The molecule has 3 N–H and O–H groups in total. The second-order valence-corrected chi connectivity index (χ2v) is 3.72. The van der Waals surface area contributed by atoms with Gasteiger partial charge in [-0.2, -0.15) is 0 Å². The minimum absolute atomic E-state index is 0.114. The monoisotopic (exact) mass is 234 g/mol. The molecule has 0 fully saturated rings. The Kier molecular flexibility index (Phi) is 3.23. The molecule has 0 saturated heterocycles. The van der Waals surface area contributed by atoms with Crippen LogP contribution < -0.4 is 11.1 Å². The number of halogens is 2. The molecular weight excluding hydrogens is 222 g/mol. The molecular formula is C13H12F2N2. The highest BCUT2D eigenvalue weighted by molar-refractivity contribution is 5.46. The molecule has 0 amide bonds. The van der Waals surface area contributed by atoms with Crippen molar-refractivity contribution in [1.29, 1.82) is 0 Å². The molecule has 0 heterocycles. The standard InChI is InChI=1S/C13H12F2N2/c14-10-2-1-3-11(7-10)17-8-9-4-5-12(15)13(16)6-9/h1-7,17H,8,16H2. The quantitative estimate of drug-likeness (QED) is 0.800. The molecule has 0 spiro atoms. The molecule has 0 aliphatic carbocycles. The third-order valence-electron chi connectivity index (χ3n) is 2.38. The summed E-state index contributed by atoms with van der Waals surface area (Å²) in [4.78, 5) is 0. The van der Waals surface area contributed by atoms with Gasteiger partial charge in [-0.15, -0.1) is 0 Å². The molecule has 0 atom stereocenters. The zero-order valence-electron chi connectivity index (χ0n) is 9.08. The van der Waals surface area contributed by atoms with E-state index >= 15 is 0 Å². The number of anilines is 2. The lowest BCUT2D eigenvalue weighted by Gasteiger charge is -2.07. The van der Waals surface area contributed by atoms with Gasteiger partial charge in [0.15, 0.2) is 0 Å². The van der Waals surface area contributed by atoms with E-state index in [0.29, 0.717) is 12.2 Å². The van der Waals surface area contributed by atoms with Crippen molar-refractivity contribution in [2.75, 3.05) is 11.1 Å². The van der Waals surface area contributed by atoms with Gasteiger partial charge < -0.3 is 11.1 Å². The fraction of sp³-hybridized carbons (Fsp3) is 0.0769. The van der Waals surface area contributed by atoms with Crippen molar-refractivity contribution < 1.29 is 8.78 Å². The molecule has 4 heteroatoms. The van der Waals surface area contributed by atoms with Gasteiger partial charge >= 0.3 is 0 Å². The maximum Gasteiger partial charge on any atom is 0.146 e. The van der Waals surface area contributed by atoms with E-state index in [-0.39, 0.29) is 11.5 Å². The van der Waals surface area contributed by atoms with E-state index in [1.165, 1.54) is 18.2 Å². The van der Waals surface area contributed by atoms with Gasteiger partial charge in [-0.05, 0) is 35.9 Å². The van der Waals surface area contributed by atoms with Crippen molar-refractivity contribution >= 4 is 11.4 Å².